The molecule has 0 spiro atoms. The highest BCUT2D eigenvalue weighted by Crippen LogP contribution is 2.20. The number of benzene rings is 2. The van der Waals surface area contributed by atoms with E-state index in [1.807, 2.05) is 12.1 Å². The molecule has 0 radical (unpaired) electrons. The van der Waals surface area contributed by atoms with Gasteiger partial charge in [-0.15, -0.1) is 0 Å². The largest absolute Gasteiger partial charge is 0.497 e. The van der Waals surface area contributed by atoms with E-state index >= 15 is 0 Å². The third-order valence-electron chi connectivity index (χ3n) is 3.22. The van der Waals surface area contributed by atoms with Crippen LogP contribution in [0.3, 0.4) is 0 Å². The maximum atomic E-state index is 12.3. The Bertz CT molecular complexity index is 705. The molecule has 2 rings (SSSR count). The zero-order valence-corrected chi connectivity index (χ0v) is 13.9. The Balaban J connectivity index is 2.13. The van der Waals surface area contributed by atoms with E-state index < -0.39 is 10.0 Å². The SMILES string of the molecule is COc1ccc(S(=O)(=O)Nc2ccc(CC(C)C)cc2)cc1. The number of methoxy groups -OCH3 is 1. The van der Waals surface area contributed by atoms with Gasteiger partial charge in [-0.05, 0) is 54.3 Å². The van der Waals surface area contributed by atoms with E-state index in [0.717, 1.165) is 6.42 Å². The molecule has 2 aromatic rings. The molecule has 0 fully saturated rings. The molecule has 0 amide bonds. The number of anilines is 1. The summed E-state index contributed by atoms with van der Waals surface area (Å²) in [5.74, 6) is 1.19. The number of ether oxygens (including phenoxy) is 1. The van der Waals surface area contributed by atoms with Crippen molar-refractivity contribution in [3.05, 3.63) is 54.1 Å². The van der Waals surface area contributed by atoms with E-state index in [9.17, 15) is 8.42 Å². The average molecular weight is 319 g/mol. The van der Waals surface area contributed by atoms with Crippen molar-refractivity contribution in [1.82, 2.24) is 0 Å². The van der Waals surface area contributed by atoms with Gasteiger partial charge in [0.1, 0.15) is 5.75 Å². The molecule has 118 valence electrons. The Labute approximate surface area is 132 Å². The Hall–Kier alpha value is -2.01. The lowest BCUT2D eigenvalue weighted by Gasteiger charge is -2.10. The first-order chi connectivity index (χ1) is 10.4. The average Bonchev–Trinajstić information content (AvgIpc) is 2.48. The molecule has 5 heteroatoms. The smallest absolute Gasteiger partial charge is 0.261 e. The van der Waals surface area contributed by atoms with E-state index in [-0.39, 0.29) is 4.90 Å². The van der Waals surface area contributed by atoms with E-state index in [4.69, 9.17) is 4.74 Å². The predicted octanol–water partition coefficient (Wildman–Crippen LogP) is 3.69. The fourth-order valence-corrected chi connectivity index (χ4v) is 3.21. The Kier molecular flexibility index (Phi) is 5.08. The van der Waals surface area contributed by atoms with Gasteiger partial charge in [-0.3, -0.25) is 4.72 Å². The van der Waals surface area contributed by atoms with Crippen LogP contribution in [-0.2, 0) is 16.4 Å². The number of rotatable bonds is 6. The highest BCUT2D eigenvalue weighted by Gasteiger charge is 2.14. The van der Waals surface area contributed by atoms with Gasteiger partial charge >= 0.3 is 0 Å². The zero-order valence-electron chi connectivity index (χ0n) is 13.0. The second kappa shape index (κ2) is 6.83. The van der Waals surface area contributed by atoms with E-state index in [0.29, 0.717) is 17.4 Å². The van der Waals surface area contributed by atoms with E-state index in [2.05, 4.69) is 18.6 Å². The second-order valence-corrected chi connectivity index (χ2v) is 7.26. The summed E-state index contributed by atoms with van der Waals surface area (Å²) in [7, 11) is -2.04. The summed E-state index contributed by atoms with van der Waals surface area (Å²) >= 11 is 0. The topological polar surface area (TPSA) is 55.4 Å². The lowest BCUT2D eigenvalue weighted by atomic mass is 10.0. The molecule has 0 bridgehead atoms. The van der Waals surface area contributed by atoms with Crippen molar-refractivity contribution in [1.29, 1.82) is 0 Å². The summed E-state index contributed by atoms with van der Waals surface area (Å²) in [6.07, 6.45) is 0.978. The molecule has 0 aromatic heterocycles. The number of hydrogen-bond acceptors (Lipinski definition) is 3. The summed E-state index contributed by atoms with van der Waals surface area (Å²) in [5.41, 5.74) is 1.76. The molecule has 0 aliphatic carbocycles. The second-order valence-electron chi connectivity index (χ2n) is 5.58. The molecule has 2 aromatic carbocycles. The first kappa shape index (κ1) is 16.4. The van der Waals surface area contributed by atoms with Crippen LogP contribution in [0.5, 0.6) is 5.75 Å². The van der Waals surface area contributed by atoms with Crippen LogP contribution in [0.2, 0.25) is 0 Å². The van der Waals surface area contributed by atoms with Crippen molar-refractivity contribution in [3.63, 3.8) is 0 Å². The highest BCUT2D eigenvalue weighted by molar-refractivity contribution is 7.92. The normalized spacial score (nSPS) is 11.5. The lowest BCUT2D eigenvalue weighted by Crippen LogP contribution is -2.12. The van der Waals surface area contributed by atoms with Gasteiger partial charge < -0.3 is 4.74 Å². The molecule has 0 aliphatic heterocycles. The molecule has 0 aliphatic rings. The van der Waals surface area contributed by atoms with Crippen LogP contribution in [0.4, 0.5) is 5.69 Å². The van der Waals surface area contributed by atoms with Crippen molar-refractivity contribution in [2.75, 3.05) is 11.8 Å². The van der Waals surface area contributed by atoms with E-state index in [1.54, 1.807) is 31.4 Å². The third kappa shape index (κ3) is 4.24. The molecular formula is C17H21NO3S. The van der Waals surface area contributed by atoms with Crippen LogP contribution in [-0.4, -0.2) is 15.5 Å². The van der Waals surface area contributed by atoms with Crippen LogP contribution in [0.25, 0.3) is 0 Å². The first-order valence-corrected chi connectivity index (χ1v) is 8.65. The third-order valence-corrected chi connectivity index (χ3v) is 4.62. The minimum Gasteiger partial charge on any atom is -0.497 e. The van der Waals surface area contributed by atoms with Crippen LogP contribution >= 0.6 is 0 Å². The van der Waals surface area contributed by atoms with Gasteiger partial charge in [0.05, 0.1) is 12.0 Å². The molecule has 0 unspecified atom stereocenters. The van der Waals surface area contributed by atoms with Crippen LogP contribution in [0.1, 0.15) is 19.4 Å². The van der Waals surface area contributed by atoms with Gasteiger partial charge in [0.15, 0.2) is 0 Å². The van der Waals surface area contributed by atoms with Crippen molar-refractivity contribution < 1.29 is 13.2 Å². The molecule has 1 N–H and O–H groups in total. The van der Waals surface area contributed by atoms with Gasteiger partial charge in [-0.1, -0.05) is 26.0 Å². The summed E-state index contributed by atoms with van der Waals surface area (Å²) in [5, 5.41) is 0. The molecule has 0 atom stereocenters. The maximum absolute atomic E-state index is 12.3. The molecular weight excluding hydrogens is 298 g/mol. The maximum Gasteiger partial charge on any atom is 0.261 e. The lowest BCUT2D eigenvalue weighted by molar-refractivity contribution is 0.414. The fourth-order valence-electron chi connectivity index (χ4n) is 2.15. The van der Waals surface area contributed by atoms with Gasteiger partial charge in [0.25, 0.3) is 10.0 Å². The minimum absolute atomic E-state index is 0.208. The van der Waals surface area contributed by atoms with E-state index in [1.165, 1.54) is 17.7 Å². The standard InChI is InChI=1S/C17H21NO3S/c1-13(2)12-14-4-6-15(7-5-14)18-22(19,20)17-10-8-16(21-3)9-11-17/h4-11,13,18H,12H2,1-3H3. The quantitative estimate of drug-likeness (QED) is 0.883. The minimum atomic E-state index is -3.58. The molecule has 22 heavy (non-hydrogen) atoms. The molecule has 0 saturated heterocycles. The molecule has 0 heterocycles. The highest BCUT2D eigenvalue weighted by atomic mass is 32.2. The Morgan fingerprint density at radius 2 is 1.59 bits per heavy atom. The Morgan fingerprint density at radius 3 is 2.09 bits per heavy atom. The van der Waals surface area contributed by atoms with Crippen LogP contribution in [0, 0.1) is 5.92 Å². The summed E-state index contributed by atoms with van der Waals surface area (Å²) in [6, 6.07) is 13.8. The van der Waals surface area contributed by atoms with Crippen molar-refractivity contribution in [2.45, 2.75) is 25.2 Å². The van der Waals surface area contributed by atoms with Crippen LogP contribution < -0.4 is 9.46 Å². The summed E-state index contributed by atoms with van der Waals surface area (Å²) in [4.78, 5) is 0.208. The number of hydrogen-bond donors (Lipinski definition) is 1. The predicted molar refractivity (Wildman–Crippen MR) is 88.8 cm³/mol. The first-order valence-electron chi connectivity index (χ1n) is 7.16. The zero-order chi connectivity index (χ0) is 16.2. The van der Waals surface area contributed by atoms with Gasteiger partial charge in [0, 0.05) is 5.69 Å². The number of nitrogens with one attached hydrogen (secondary N) is 1. The fraction of sp³-hybridized carbons (Fsp3) is 0.294. The number of sulfonamides is 1. The van der Waals surface area contributed by atoms with Crippen molar-refractivity contribution in [3.8, 4) is 5.75 Å². The molecule has 4 nitrogen and oxygen atoms in total. The summed E-state index contributed by atoms with van der Waals surface area (Å²) < 4.78 is 32.2. The summed E-state index contributed by atoms with van der Waals surface area (Å²) in [6.45, 7) is 4.31. The molecule has 0 saturated carbocycles. The van der Waals surface area contributed by atoms with Crippen LogP contribution in [0.15, 0.2) is 53.4 Å². The van der Waals surface area contributed by atoms with Crippen molar-refractivity contribution >= 4 is 15.7 Å². The van der Waals surface area contributed by atoms with Gasteiger partial charge in [-0.25, -0.2) is 8.42 Å². The Morgan fingerprint density at radius 1 is 1.00 bits per heavy atom. The van der Waals surface area contributed by atoms with Gasteiger partial charge in [-0.2, -0.15) is 0 Å². The monoisotopic (exact) mass is 319 g/mol. The van der Waals surface area contributed by atoms with Crippen molar-refractivity contribution in [2.24, 2.45) is 5.92 Å². The van der Waals surface area contributed by atoms with Gasteiger partial charge in [0.2, 0.25) is 0 Å².